The highest BCUT2D eigenvalue weighted by Crippen LogP contribution is 2.33. The minimum Gasteiger partial charge on any atom is -0.367 e. The van der Waals surface area contributed by atoms with E-state index in [1.807, 2.05) is 16.7 Å². The van der Waals surface area contributed by atoms with E-state index in [0.29, 0.717) is 34.8 Å². The number of hydrogen-bond donors (Lipinski definition) is 2. The van der Waals surface area contributed by atoms with Crippen LogP contribution < -0.4 is 10.6 Å². The Morgan fingerprint density at radius 2 is 2.02 bits per heavy atom. The molecule has 0 spiro atoms. The molecule has 2 aliphatic heterocycles. The number of nitrogens with one attached hydrogen (secondary N) is 2. The van der Waals surface area contributed by atoms with Gasteiger partial charge in [0.2, 0.25) is 5.91 Å². The smallest absolute Gasteiger partial charge is 0.367 e. The Hall–Kier alpha value is -3.73. The molecule has 0 saturated carbocycles. The summed E-state index contributed by atoms with van der Waals surface area (Å²) in [6.45, 7) is 3.43. The number of nitriles is 1. The standard InChI is InChI=1S/C28H28F3N7O2S/c29-28(30,31)10-22-9-23-26(34-16-35-27(23)41-22)36-19-3-5-37(6-4-19)13-17-1-2-24-18(7-17)8-20(11-32)38(24)14-21-12-33-25(39)15-40-21/h1-2,7-9,16,19,21H,3-6,10,12-15H2,(H,33,39)(H,34,35,36)/t21-/m1/s1. The predicted molar refractivity (Wildman–Crippen MR) is 148 cm³/mol. The Balaban J connectivity index is 1.07. The molecule has 3 aromatic heterocycles. The van der Waals surface area contributed by atoms with E-state index in [4.69, 9.17) is 4.74 Å². The highest BCUT2D eigenvalue weighted by molar-refractivity contribution is 7.18. The van der Waals surface area contributed by atoms with Crippen LogP contribution in [0.3, 0.4) is 0 Å². The summed E-state index contributed by atoms with van der Waals surface area (Å²) in [6, 6.07) is 12.1. The number of morpholine rings is 1. The van der Waals surface area contributed by atoms with Gasteiger partial charge in [0.15, 0.2) is 0 Å². The average Bonchev–Trinajstić information content (AvgIpc) is 3.50. The van der Waals surface area contributed by atoms with Gasteiger partial charge in [0.25, 0.3) is 0 Å². The number of anilines is 1. The average molecular weight is 584 g/mol. The highest BCUT2D eigenvalue weighted by atomic mass is 32.1. The van der Waals surface area contributed by atoms with Gasteiger partial charge >= 0.3 is 6.18 Å². The monoisotopic (exact) mass is 583 g/mol. The fourth-order valence-corrected chi connectivity index (χ4v) is 6.58. The Bertz CT molecular complexity index is 1610. The first-order chi connectivity index (χ1) is 19.7. The fraction of sp³-hybridized carbons (Fsp3) is 0.429. The zero-order chi connectivity index (χ0) is 28.6. The second-order valence-electron chi connectivity index (χ2n) is 10.5. The number of alkyl halides is 3. The van der Waals surface area contributed by atoms with Crippen molar-refractivity contribution in [1.82, 2.24) is 24.8 Å². The molecule has 5 heterocycles. The molecular formula is C28H28F3N7O2S. The number of nitrogens with zero attached hydrogens (tertiary/aromatic N) is 5. The van der Waals surface area contributed by atoms with E-state index in [0.717, 1.165) is 60.3 Å². The molecule has 2 fully saturated rings. The molecule has 1 atom stereocenters. The Kier molecular flexibility index (Phi) is 7.54. The van der Waals surface area contributed by atoms with Crippen LogP contribution in [0.15, 0.2) is 36.7 Å². The van der Waals surface area contributed by atoms with Crippen LogP contribution in [0.25, 0.3) is 21.1 Å². The van der Waals surface area contributed by atoms with Crippen LogP contribution in [0.4, 0.5) is 19.0 Å². The van der Waals surface area contributed by atoms with E-state index in [1.54, 1.807) is 6.07 Å². The number of aromatic nitrogens is 3. The third-order valence-corrected chi connectivity index (χ3v) is 8.58. The molecule has 4 aromatic rings. The molecule has 1 aromatic carbocycles. The normalized spacial score (nSPS) is 19.0. The first-order valence-corrected chi connectivity index (χ1v) is 14.3. The number of likely N-dealkylation sites (tertiary alicyclic amines) is 1. The van der Waals surface area contributed by atoms with Crippen molar-refractivity contribution in [3.05, 3.63) is 52.8 Å². The van der Waals surface area contributed by atoms with Crippen molar-refractivity contribution in [2.24, 2.45) is 0 Å². The number of thiophene rings is 1. The van der Waals surface area contributed by atoms with Gasteiger partial charge in [-0.25, -0.2) is 9.97 Å². The lowest BCUT2D eigenvalue weighted by molar-refractivity contribution is -0.133. The summed E-state index contributed by atoms with van der Waals surface area (Å²) in [7, 11) is 0. The molecule has 0 aliphatic carbocycles. The number of benzene rings is 1. The minimum atomic E-state index is -4.26. The molecule has 0 bridgehead atoms. The summed E-state index contributed by atoms with van der Waals surface area (Å²) in [6.07, 6.45) is -2.26. The molecule has 2 aliphatic rings. The number of carbonyl (C=O) groups is 1. The molecule has 9 nitrogen and oxygen atoms in total. The summed E-state index contributed by atoms with van der Waals surface area (Å²) in [5.41, 5.74) is 2.66. The molecule has 6 rings (SSSR count). The van der Waals surface area contributed by atoms with E-state index >= 15 is 0 Å². The van der Waals surface area contributed by atoms with Gasteiger partial charge < -0.3 is 19.9 Å². The number of halogens is 3. The van der Waals surface area contributed by atoms with E-state index in [9.17, 15) is 23.2 Å². The number of rotatable bonds is 7. The van der Waals surface area contributed by atoms with Crippen LogP contribution in [0.5, 0.6) is 0 Å². The van der Waals surface area contributed by atoms with Gasteiger partial charge in [0.1, 0.15) is 35.3 Å². The van der Waals surface area contributed by atoms with E-state index in [1.165, 1.54) is 6.33 Å². The Labute approximate surface area is 237 Å². The molecule has 2 N–H and O–H groups in total. The Morgan fingerprint density at radius 1 is 1.20 bits per heavy atom. The second kappa shape index (κ2) is 11.3. The predicted octanol–water partition coefficient (Wildman–Crippen LogP) is 4.21. The van der Waals surface area contributed by atoms with Crippen molar-refractivity contribution in [1.29, 1.82) is 5.26 Å². The van der Waals surface area contributed by atoms with Crippen LogP contribution in [-0.4, -0.2) is 69.9 Å². The van der Waals surface area contributed by atoms with Crippen LogP contribution in [0.1, 0.15) is 29.0 Å². The van der Waals surface area contributed by atoms with Crippen LogP contribution in [0, 0.1) is 11.3 Å². The van der Waals surface area contributed by atoms with Gasteiger partial charge in [-0.2, -0.15) is 18.4 Å². The topological polar surface area (TPSA) is 108 Å². The maximum absolute atomic E-state index is 12.9. The van der Waals surface area contributed by atoms with E-state index in [2.05, 4.69) is 43.7 Å². The van der Waals surface area contributed by atoms with Crippen LogP contribution in [-0.2, 0) is 29.0 Å². The van der Waals surface area contributed by atoms with Gasteiger partial charge in [-0.3, -0.25) is 9.69 Å². The summed E-state index contributed by atoms with van der Waals surface area (Å²) in [5.74, 6) is 0.457. The van der Waals surface area contributed by atoms with Crippen molar-refractivity contribution >= 4 is 44.2 Å². The zero-order valence-corrected chi connectivity index (χ0v) is 22.9. The molecule has 1 amide bonds. The second-order valence-corrected chi connectivity index (χ2v) is 11.6. The Morgan fingerprint density at radius 3 is 2.76 bits per heavy atom. The molecule has 0 radical (unpaired) electrons. The summed E-state index contributed by atoms with van der Waals surface area (Å²) < 4.78 is 46.2. The maximum Gasteiger partial charge on any atom is 0.393 e. The zero-order valence-electron chi connectivity index (χ0n) is 22.1. The number of piperidine rings is 1. The molecule has 13 heteroatoms. The van der Waals surface area contributed by atoms with Crippen molar-refractivity contribution in [3.8, 4) is 6.07 Å². The summed E-state index contributed by atoms with van der Waals surface area (Å²) in [4.78, 5) is 23.0. The number of hydrogen-bond acceptors (Lipinski definition) is 8. The summed E-state index contributed by atoms with van der Waals surface area (Å²) in [5, 5.41) is 17.6. The number of ether oxygens (including phenoxy) is 1. The third kappa shape index (κ3) is 6.29. The quantitative estimate of drug-likeness (QED) is 0.336. The van der Waals surface area contributed by atoms with Gasteiger partial charge in [-0.1, -0.05) is 6.07 Å². The molecular weight excluding hydrogens is 555 g/mol. The van der Waals surface area contributed by atoms with Crippen molar-refractivity contribution in [3.63, 3.8) is 0 Å². The first kappa shape index (κ1) is 27.4. The minimum absolute atomic E-state index is 0.0301. The van der Waals surface area contributed by atoms with Crippen molar-refractivity contribution in [2.75, 3.05) is 31.6 Å². The maximum atomic E-state index is 12.9. The van der Waals surface area contributed by atoms with Crippen LogP contribution >= 0.6 is 11.3 Å². The fourth-order valence-electron chi connectivity index (χ4n) is 5.55. The molecule has 2 saturated heterocycles. The lowest BCUT2D eigenvalue weighted by Gasteiger charge is -2.32. The highest BCUT2D eigenvalue weighted by Gasteiger charge is 2.29. The third-order valence-electron chi connectivity index (χ3n) is 7.53. The molecule has 0 unspecified atom stereocenters. The lowest BCUT2D eigenvalue weighted by atomic mass is 10.0. The number of carbonyl (C=O) groups excluding carboxylic acids is 1. The largest absolute Gasteiger partial charge is 0.393 e. The van der Waals surface area contributed by atoms with Gasteiger partial charge in [0.05, 0.1) is 24.5 Å². The van der Waals surface area contributed by atoms with Crippen molar-refractivity contribution < 1.29 is 22.7 Å². The summed E-state index contributed by atoms with van der Waals surface area (Å²) >= 11 is 1.06. The van der Waals surface area contributed by atoms with Gasteiger partial charge in [0, 0.05) is 48.0 Å². The lowest BCUT2D eigenvalue weighted by Crippen LogP contribution is -2.44. The molecule has 214 valence electrons. The number of fused-ring (bicyclic) bond motifs is 2. The number of amides is 1. The van der Waals surface area contributed by atoms with E-state index < -0.39 is 12.6 Å². The van der Waals surface area contributed by atoms with Gasteiger partial charge in [-0.05, 0) is 42.7 Å². The first-order valence-electron chi connectivity index (χ1n) is 13.4. The van der Waals surface area contributed by atoms with E-state index in [-0.39, 0.29) is 29.5 Å². The van der Waals surface area contributed by atoms with Crippen molar-refractivity contribution in [2.45, 2.75) is 50.7 Å². The van der Waals surface area contributed by atoms with Gasteiger partial charge in [-0.15, -0.1) is 11.3 Å². The van der Waals surface area contributed by atoms with Crippen LogP contribution in [0.2, 0.25) is 0 Å². The SMILES string of the molecule is N#Cc1cc2cc(CN3CCC(Nc4ncnc5sc(CC(F)(F)F)cc45)CC3)ccc2n1C[C@H]1CNC(=O)CO1. The molecule has 41 heavy (non-hydrogen) atoms.